The van der Waals surface area contributed by atoms with Crippen molar-refractivity contribution in [3.8, 4) is 0 Å². The largest absolute Gasteiger partial charge is 0.467 e. The monoisotopic (exact) mass is 198 g/mol. The maximum absolute atomic E-state index is 12.7. The van der Waals surface area contributed by atoms with E-state index in [0.717, 1.165) is 0 Å². The molecule has 0 unspecified atom stereocenters. The summed E-state index contributed by atoms with van der Waals surface area (Å²) in [5.74, 6) is -1.15. The molecule has 0 saturated carbocycles. The molecule has 0 aliphatic rings. The highest BCUT2D eigenvalue weighted by molar-refractivity contribution is 5.76. The summed E-state index contributed by atoms with van der Waals surface area (Å²) < 4.78 is 17.1. The lowest BCUT2D eigenvalue weighted by Crippen LogP contribution is -2.14. The number of halogens is 1. The van der Waals surface area contributed by atoms with Crippen molar-refractivity contribution < 1.29 is 19.0 Å². The summed E-state index contributed by atoms with van der Waals surface area (Å²) in [5, 5.41) is 9.46. The lowest BCUT2D eigenvalue weighted by molar-refractivity contribution is -0.150. The van der Waals surface area contributed by atoms with Gasteiger partial charge in [0.25, 0.3) is 0 Å². The van der Waals surface area contributed by atoms with Crippen molar-refractivity contribution in [3.63, 3.8) is 0 Å². The molecule has 1 N–H and O–H groups in total. The zero-order valence-electron chi connectivity index (χ0n) is 7.95. The van der Waals surface area contributed by atoms with Gasteiger partial charge in [0, 0.05) is 0 Å². The van der Waals surface area contributed by atoms with Crippen LogP contribution in [0.25, 0.3) is 0 Å². The molecule has 0 heterocycles. The van der Waals surface area contributed by atoms with E-state index in [1.54, 1.807) is 6.92 Å². The third kappa shape index (κ3) is 2.09. The minimum Gasteiger partial charge on any atom is -0.467 e. The quantitative estimate of drug-likeness (QED) is 0.729. The number of aliphatic hydroxyl groups is 1. The SMILES string of the molecule is COC(=O)[C@H](O)c1ccc(F)cc1C. The van der Waals surface area contributed by atoms with Crippen molar-refractivity contribution >= 4 is 5.97 Å². The first-order chi connectivity index (χ1) is 6.56. The minimum atomic E-state index is -1.35. The van der Waals surface area contributed by atoms with E-state index in [-0.39, 0.29) is 0 Å². The highest BCUT2D eigenvalue weighted by atomic mass is 19.1. The van der Waals surface area contributed by atoms with E-state index in [1.165, 1.54) is 25.3 Å². The number of carbonyl (C=O) groups excluding carboxylic acids is 1. The second-order valence-corrected chi connectivity index (χ2v) is 2.93. The van der Waals surface area contributed by atoms with Gasteiger partial charge in [0.1, 0.15) is 5.82 Å². The molecule has 1 aromatic carbocycles. The Bertz CT molecular complexity index is 349. The second-order valence-electron chi connectivity index (χ2n) is 2.93. The van der Waals surface area contributed by atoms with Crippen LogP contribution in [0.1, 0.15) is 17.2 Å². The number of hydrogen-bond acceptors (Lipinski definition) is 3. The Labute approximate surface area is 81.1 Å². The summed E-state index contributed by atoms with van der Waals surface area (Å²) in [6.45, 7) is 1.62. The topological polar surface area (TPSA) is 46.5 Å². The highest BCUT2D eigenvalue weighted by Crippen LogP contribution is 2.19. The van der Waals surface area contributed by atoms with Gasteiger partial charge in [0.15, 0.2) is 6.10 Å². The summed E-state index contributed by atoms with van der Waals surface area (Å²) in [6.07, 6.45) is -1.35. The van der Waals surface area contributed by atoms with Crippen molar-refractivity contribution in [1.29, 1.82) is 0 Å². The van der Waals surface area contributed by atoms with Crippen LogP contribution in [0.5, 0.6) is 0 Å². The van der Waals surface area contributed by atoms with Gasteiger partial charge in [-0.3, -0.25) is 0 Å². The predicted octanol–water partition coefficient (Wildman–Crippen LogP) is 1.34. The molecule has 0 aliphatic heterocycles. The highest BCUT2D eigenvalue weighted by Gasteiger charge is 2.19. The van der Waals surface area contributed by atoms with E-state index >= 15 is 0 Å². The van der Waals surface area contributed by atoms with Crippen LogP contribution in [0.3, 0.4) is 0 Å². The van der Waals surface area contributed by atoms with E-state index in [0.29, 0.717) is 11.1 Å². The molecule has 1 atom stereocenters. The summed E-state index contributed by atoms with van der Waals surface area (Å²) >= 11 is 0. The Kier molecular flexibility index (Phi) is 3.19. The molecule has 3 nitrogen and oxygen atoms in total. The standard InChI is InChI=1S/C10H11FO3/c1-6-5-7(11)3-4-8(6)9(12)10(13)14-2/h3-5,9,12H,1-2H3/t9-/m1/s1. The van der Waals surface area contributed by atoms with Gasteiger partial charge < -0.3 is 9.84 Å². The van der Waals surface area contributed by atoms with Crippen LogP contribution >= 0.6 is 0 Å². The van der Waals surface area contributed by atoms with Gasteiger partial charge in [-0.05, 0) is 30.2 Å². The first-order valence-corrected chi connectivity index (χ1v) is 4.08. The number of benzene rings is 1. The third-order valence-corrected chi connectivity index (χ3v) is 1.95. The molecule has 0 fully saturated rings. The Balaban J connectivity index is 3.01. The number of esters is 1. The fourth-order valence-corrected chi connectivity index (χ4v) is 1.18. The molecule has 0 saturated heterocycles. The Morgan fingerprint density at radius 2 is 2.21 bits per heavy atom. The first-order valence-electron chi connectivity index (χ1n) is 4.08. The first kappa shape index (κ1) is 10.7. The number of ether oxygens (including phenoxy) is 1. The molecule has 76 valence electrons. The molecule has 0 bridgehead atoms. The van der Waals surface area contributed by atoms with Crippen LogP contribution in [-0.2, 0) is 9.53 Å². The van der Waals surface area contributed by atoms with Gasteiger partial charge >= 0.3 is 5.97 Å². The smallest absolute Gasteiger partial charge is 0.339 e. The Hall–Kier alpha value is -1.42. The number of rotatable bonds is 2. The van der Waals surface area contributed by atoms with Crippen LogP contribution in [0, 0.1) is 12.7 Å². The molecule has 4 heteroatoms. The van der Waals surface area contributed by atoms with Crippen molar-refractivity contribution in [1.82, 2.24) is 0 Å². The van der Waals surface area contributed by atoms with E-state index in [4.69, 9.17) is 0 Å². The van der Waals surface area contributed by atoms with Gasteiger partial charge in [-0.15, -0.1) is 0 Å². The maximum atomic E-state index is 12.7. The predicted molar refractivity (Wildman–Crippen MR) is 48.1 cm³/mol. The molecule has 0 spiro atoms. The van der Waals surface area contributed by atoms with Gasteiger partial charge in [0.2, 0.25) is 0 Å². The Morgan fingerprint density at radius 1 is 1.57 bits per heavy atom. The van der Waals surface area contributed by atoms with E-state index in [9.17, 15) is 14.3 Å². The lowest BCUT2D eigenvalue weighted by Gasteiger charge is -2.11. The van der Waals surface area contributed by atoms with Crippen molar-refractivity contribution in [2.45, 2.75) is 13.0 Å². The average Bonchev–Trinajstić information content (AvgIpc) is 2.15. The molecule has 0 amide bonds. The average molecular weight is 198 g/mol. The number of aliphatic hydroxyl groups excluding tert-OH is 1. The van der Waals surface area contributed by atoms with Gasteiger partial charge in [-0.25, -0.2) is 9.18 Å². The molecule has 1 rings (SSSR count). The number of hydrogen-bond donors (Lipinski definition) is 1. The van der Waals surface area contributed by atoms with Crippen LogP contribution < -0.4 is 0 Å². The molecular weight excluding hydrogens is 187 g/mol. The summed E-state index contributed by atoms with van der Waals surface area (Å²) in [7, 11) is 1.18. The van der Waals surface area contributed by atoms with E-state index in [1.807, 2.05) is 0 Å². The zero-order valence-corrected chi connectivity index (χ0v) is 7.95. The molecule has 1 aromatic rings. The van der Waals surface area contributed by atoms with Crippen molar-refractivity contribution in [3.05, 3.63) is 35.1 Å². The van der Waals surface area contributed by atoms with Crippen LogP contribution in [0.15, 0.2) is 18.2 Å². The minimum absolute atomic E-state index is 0.359. The lowest BCUT2D eigenvalue weighted by atomic mass is 10.0. The van der Waals surface area contributed by atoms with Crippen molar-refractivity contribution in [2.24, 2.45) is 0 Å². The van der Waals surface area contributed by atoms with Gasteiger partial charge in [-0.2, -0.15) is 0 Å². The molecular formula is C10H11FO3. The number of carbonyl (C=O) groups is 1. The number of methoxy groups -OCH3 is 1. The fourth-order valence-electron chi connectivity index (χ4n) is 1.18. The van der Waals surface area contributed by atoms with E-state index < -0.39 is 17.9 Å². The third-order valence-electron chi connectivity index (χ3n) is 1.95. The van der Waals surface area contributed by atoms with Crippen LogP contribution in [0.4, 0.5) is 4.39 Å². The number of aryl methyl sites for hydroxylation is 1. The van der Waals surface area contributed by atoms with Crippen LogP contribution in [0.2, 0.25) is 0 Å². The summed E-state index contributed by atoms with van der Waals surface area (Å²) in [6, 6.07) is 3.81. The summed E-state index contributed by atoms with van der Waals surface area (Å²) in [4.78, 5) is 11.0. The maximum Gasteiger partial charge on any atom is 0.339 e. The van der Waals surface area contributed by atoms with Gasteiger partial charge in [-0.1, -0.05) is 6.07 Å². The van der Waals surface area contributed by atoms with E-state index in [2.05, 4.69) is 4.74 Å². The molecule has 0 radical (unpaired) electrons. The second kappa shape index (κ2) is 4.19. The van der Waals surface area contributed by atoms with Crippen LogP contribution in [-0.4, -0.2) is 18.2 Å². The summed E-state index contributed by atoms with van der Waals surface area (Å²) in [5.41, 5.74) is 0.876. The normalized spacial score (nSPS) is 12.3. The molecule has 0 aliphatic carbocycles. The molecule has 14 heavy (non-hydrogen) atoms. The Morgan fingerprint density at radius 3 is 2.71 bits per heavy atom. The van der Waals surface area contributed by atoms with Gasteiger partial charge in [0.05, 0.1) is 7.11 Å². The zero-order chi connectivity index (χ0) is 10.7. The fraction of sp³-hybridized carbons (Fsp3) is 0.300. The molecule has 0 aromatic heterocycles. The van der Waals surface area contributed by atoms with Crippen molar-refractivity contribution in [2.75, 3.05) is 7.11 Å².